The molecule has 1 aromatic rings. The second-order valence-electron chi connectivity index (χ2n) is 6.16. The third kappa shape index (κ3) is 7.24. The molecule has 0 bridgehead atoms. The molecule has 1 aliphatic rings. The van der Waals surface area contributed by atoms with E-state index >= 15 is 0 Å². The lowest BCUT2D eigenvalue weighted by molar-refractivity contribution is -0.132. The molecule has 0 aromatic heterocycles. The van der Waals surface area contributed by atoms with Crippen molar-refractivity contribution in [1.82, 2.24) is 4.90 Å². The predicted octanol–water partition coefficient (Wildman–Crippen LogP) is 3.46. The molecule has 0 atom stereocenters. The number of benzene rings is 1. The van der Waals surface area contributed by atoms with Crippen LogP contribution in [0.15, 0.2) is 35.2 Å². The maximum Gasteiger partial charge on any atom is 0.222 e. The van der Waals surface area contributed by atoms with Crippen LogP contribution in [0.25, 0.3) is 0 Å². The molecule has 1 amide bonds. The van der Waals surface area contributed by atoms with E-state index in [1.165, 1.54) is 4.90 Å². The minimum absolute atomic E-state index is 0.308. The van der Waals surface area contributed by atoms with Gasteiger partial charge < -0.3 is 14.4 Å². The summed E-state index contributed by atoms with van der Waals surface area (Å²) in [5.41, 5.74) is 0. The highest BCUT2D eigenvalue weighted by Gasteiger charge is 2.22. The molecule has 0 aliphatic carbocycles. The first-order valence-corrected chi connectivity index (χ1v) is 9.80. The fourth-order valence-corrected chi connectivity index (χ4v) is 3.70. The highest BCUT2D eigenvalue weighted by Crippen LogP contribution is 2.21. The standard InChI is InChI=1S/C19H29NO3S/c1-22-13-14-23-16-17-9-11-20(12-10-17)19(21)8-5-15-24-18-6-3-2-4-7-18/h2-4,6-7,17H,5,8-16H2,1H3. The molecular weight excluding hydrogens is 322 g/mol. The Balaban J connectivity index is 1.54. The third-order valence-corrected chi connectivity index (χ3v) is 5.40. The number of hydrogen-bond acceptors (Lipinski definition) is 4. The summed E-state index contributed by atoms with van der Waals surface area (Å²) in [6.45, 7) is 3.86. The van der Waals surface area contributed by atoms with Crippen molar-refractivity contribution >= 4 is 17.7 Å². The van der Waals surface area contributed by atoms with Crippen molar-refractivity contribution in [2.45, 2.75) is 30.6 Å². The Hall–Kier alpha value is -1.04. The van der Waals surface area contributed by atoms with Crippen molar-refractivity contribution in [3.63, 3.8) is 0 Å². The van der Waals surface area contributed by atoms with E-state index in [4.69, 9.17) is 9.47 Å². The zero-order chi connectivity index (χ0) is 17.0. The lowest BCUT2D eigenvalue weighted by atomic mass is 9.97. The molecular formula is C19H29NO3S. The number of thioether (sulfide) groups is 1. The van der Waals surface area contributed by atoms with Crippen LogP contribution < -0.4 is 0 Å². The monoisotopic (exact) mass is 351 g/mol. The number of likely N-dealkylation sites (tertiary alicyclic amines) is 1. The summed E-state index contributed by atoms with van der Waals surface area (Å²) in [5.74, 6) is 1.89. The second kappa shape index (κ2) is 11.5. The quantitative estimate of drug-likeness (QED) is 0.478. The minimum atomic E-state index is 0.308. The Morgan fingerprint density at radius 1 is 1.21 bits per heavy atom. The van der Waals surface area contributed by atoms with Crippen LogP contribution in [0.4, 0.5) is 0 Å². The van der Waals surface area contributed by atoms with Gasteiger partial charge in [-0.15, -0.1) is 11.8 Å². The zero-order valence-corrected chi connectivity index (χ0v) is 15.4. The molecule has 134 valence electrons. The number of hydrogen-bond donors (Lipinski definition) is 0. The number of rotatable bonds is 10. The van der Waals surface area contributed by atoms with E-state index < -0.39 is 0 Å². The summed E-state index contributed by atoms with van der Waals surface area (Å²) >= 11 is 1.82. The van der Waals surface area contributed by atoms with Gasteiger partial charge in [0.15, 0.2) is 0 Å². The van der Waals surface area contributed by atoms with Gasteiger partial charge in [-0.2, -0.15) is 0 Å². The van der Waals surface area contributed by atoms with Gasteiger partial charge in [0.25, 0.3) is 0 Å². The van der Waals surface area contributed by atoms with Gasteiger partial charge in [-0.1, -0.05) is 18.2 Å². The number of piperidine rings is 1. The summed E-state index contributed by atoms with van der Waals surface area (Å²) in [5, 5.41) is 0. The van der Waals surface area contributed by atoms with Crippen molar-refractivity contribution in [3.8, 4) is 0 Å². The van der Waals surface area contributed by atoms with Gasteiger partial charge in [0, 0.05) is 38.1 Å². The van der Waals surface area contributed by atoms with E-state index in [-0.39, 0.29) is 0 Å². The average Bonchev–Trinajstić information content (AvgIpc) is 2.63. The van der Waals surface area contributed by atoms with E-state index in [2.05, 4.69) is 24.3 Å². The largest absolute Gasteiger partial charge is 0.382 e. The molecule has 4 nitrogen and oxygen atoms in total. The highest BCUT2D eigenvalue weighted by atomic mass is 32.2. The SMILES string of the molecule is COCCOCC1CCN(C(=O)CCCSc2ccccc2)CC1. The van der Waals surface area contributed by atoms with Gasteiger partial charge in [-0.25, -0.2) is 0 Å². The number of ether oxygens (including phenoxy) is 2. The van der Waals surface area contributed by atoms with Gasteiger partial charge in [0.2, 0.25) is 5.91 Å². The lowest BCUT2D eigenvalue weighted by Crippen LogP contribution is -2.39. The van der Waals surface area contributed by atoms with E-state index in [0.717, 1.165) is 44.7 Å². The maximum atomic E-state index is 12.3. The van der Waals surface area contributed by atoms with Gasteiger partial charge in [-0.3, -0.25) is 4.79 Å². The summed E-state index contributed by atoms with van der Waals surface area (Å²) in [4.78, 5) is 15.6. The van der Waals surface area contributed by atoms with E-state index in [9.17, 15) is 4.79 Å². The van der Waals surface area contributed by atoms with Crippen LogP contribution in [0.5, 0.6) is 0 Å². The molecule has 5 heteroatoms. The highest BCUT2D eigenvalue weighted by molar-refractivity contribution is 7.99. The lowest BCUT2D eigenvalue weighted by Gasteiger charge is -2.32. The van der Waals surface area contributed by atoms with Crippen LogP contribution in [0.3, 0.4) is 0 Å². The van der Waals surface area contributed by atoms with Crippen molar-refractivity contribution in [2.75, 3.05) is 45.8 Å². The molecule has 0 unspecified atom stereocenters. The van der Waals surface area contributed by atoms with E-state index in [1.54, 1.807) is 7.11 Å². The molecule has 0 saturated carbocycles. The van der Waals surface area contributed by atoms with Crippen LogP contribution in [0.2, 0.25) is 0 Å². The average molecular weight is 352 g/mol. The van der Waals surface area contributed by atoms with E-state index in [0.29, 0.717) is 31.5 Å². The molecule has 24 heavy (non-hydrogen) atoms. The first kappa shape index (κ1) is 19.3. The van der Waals surface area contributed by atoms with Crippen LogP contribution in [-0.4, -0.2) is 56.6 Å². The van der Waals surface area contributed by atoms with E-state index in [1.807, 2.05) is 22.7 Å². The maximum absolute atomic E-state index is 12.3. The summed E-state index contributed by atoms with van der Waals surface area (Å²) in [6.07, 6.45) is 3.71. The Kier molecular flexibility index (Phi) is 9.24. The van der Waals surface area contributed by atoms with Crippen molar-refractivity contribution in [3.05, 3.63) is 30.3 Å². The molecule has 0 radical (unpaired) electrons. The minimum Gasteiger partial charge on any atom is -0.382 e. The molecule has 1 aliphatic heterocycles. The third-order valence-electron chi connectivity index (χ3n) is 4.30. The molecule has 1 fully saturated rings. The van der Waals surface area contributed by atoms with Crippen LogP contribution in [-0.2, 0) is 14.3 Å². The number of methoxy groups -OCH3 is 1. The summed E-state index contributed by atoms with van der Waals surface area (Å²) in [7, 11) is 1.69. The Labute approximate surface area is 149 Å². The normalized spacial score (nSPS) is 15.6. The van der Waals surface area contributed by atoms with Gasteiger partial charge in [-0.05, 0) is 43.1 Å². The number of carbonyl (C=O) groups is 1. The number of amides is 1. The van der Waals surface area contributed by atoms with Gasteiger partial charge in [0.1, 0.15) is 0 Å². The van der Waals surface area contributed by atoms with Crippen molar-refractivity contribution < 1.29 is 14.3 Å². The van der Waals surface area contributed by atoms with Gasteiger partial charge in [0.05, 0.1) is 13.2 Å². The first-order valence-electron chi connectivity index (χ1n) is 8.82. The Morgan fingerprint density at radius 2 is 1.96 bits per heavy atom. The smallest absolute Gasteiger partial charge is 0.222 e. The summed E-state index contributed by atoms with van der Waals surface area (Å²) in [6, 6.07) is 10.4. The topological polar surface area (TPSA) is 38.8 Å². The first-order chi connectivity index (χ1) is 11.8. The van der Waals surface area contributed by atoms with Crippen LogP contribution in [0, 0.1) is 5.92 Å². The van der Waals surface area contributed by atoms with Crippen LogP contribution >= 0.6 is 11.8 Å². The van der Waals surface area contributed by atoms with Crippen molar-refractivity contribution in [2.24, 2.45) is 5.92 Å². The fraction of sp³-hybridized carbons (Fsp3) is 0.632. The predicted molar refractivity (Wildman–Crippen MR) is 98.4 cm³/mol. The van der Waals surface area contributed by atoms with Crippen LogP contribution in [0.1, 0.15) is 25.7 Å². The van der Waals surface area contributed by atoms with Crippen molar-refractivity contribution in [1.29, 1.82) is 0 Å². The second-order valence-corrected chi connectivity index (χ2v) is 7.33. The summed E-state index contributed by atoms with van der Waals surface area (Å²) < 4.78 is 10.6. The zero-order valence-electron chi connectivity index (χ0n) is 14.6. The number of nitrogens with zero attached hydrogens (tertiary/aromatic N) is 1. The van der Waals surface area contributed by atoms with Gasteiger partial charge >= 0.3 is 0 Å². The molecule has 1 saturated heterocycles. The molecule has 1 heterocycles. The number of carbonyl (C=O) groups excluding carboxylic acids is 1. The molecule has 0 spiro atoms. The Bertz CT molecular complexity index is 461. The Morgan fingerprint density at radius 3 is 2.67 bits per heavy atom. The fourth-order valence-electron chi connectivity index (χ4n) is 2.83. The molecule has 0 N–H and O–H groups in total. The molecule has 2 rings (SSSR count). The molecule has 1 aromatic carbocycles.